The number of imide groups is 1. The lowest BCUT2D eigenvalue weighted by atomic mass is 9.90. The highest BCUT2D eigenvalue weighted by atomic mass is 16.7. The number of nitrogens with two attached hydrogens (primary N) is 1. The summed E-state index contributed by atoms with van der Waals surface area (Å²) in [4.78, 5) is 40.4. The van der Waals surface area contributed by atoms with Crippen LogP contribution in [-0.4, -0.2) is 35.4 Å². The zero-order valence-corrected chi connectivity index (χ0v) is 11.4. The van der Waals surface area contributed by atoms with Crippen LogP contribution in [0.4, 0.5) is 0 Å². The zero-order chi connectivity index (χ0) is 15.1. The molecule has 2 aliphatic rings. The van der Waals surface area contributed by atoms with Crippen LogP contribution in [0.5, 0.6) is 0 Å². The SMILES string of the molecule is Cc1cccc(C2C3C(=O)NC(=O)C3ON2CC(N)=O)c1. The molecule has 0 aliphatic carbocycles. The topological polar surface area (TPSA) is 102 Å². The van der Waals surface area contributed by atoms with E-state index in [0.717, 1.165) is 11.1 Å². The highest BCUT2D eigenvalue weighted by Crippen LogP contribution is 2.41. The Balaban J connectivity index is 2.01. The van der Waals surface area contributed by atoms with Gasteiger partial charge in [-0.25, -0.2) is 0 Å². The van der Waals surface area contributed by atoms with Gasteiger partial charge in [-0.1, -0.05) is 29.8 Å². The van der Waals surface area contributed by atoms with E-state index in [9.17, 15) is 14.4 Å². The Morgan fingerprint density at radius 3 is 2.81 bits per heavy atom. The van der Waals surface area contributed by atoms with Gasteiger partial charge in [0, 0.05) is 0 Å². The molecular formula is C14H15N3O4. The molecule has 3 N–H and O–H groups in total. The van der Waals surface area contributed by atoms with Crippen LogP contribution in [-0.2, 0) is 19.2 Å². The Kier molecular flexibility index (Phi) is 3.23. The van der Waals surface area contributed by atoms with Gasteiger partial charge in [-0.3, -0.25) is 24.5 Å². The Morgan fingerprint density at radius 2 is 2.14 bits per heavy atom. The highest BCUT2D eigenvalue weighted by molar-refractivity contribution is 6.07. The van der Waals surface area contributed by atoms with Gasteiger partial charge in [0.1, 0.15) is 6.54 Å². The van der Waals surface area contributed by atoms with Gasteiger partial charge in [-0.15, -0.1) is 0 Å². The van der Waals surface area contributed by atoms with Crippen molar-refractivity contribution in [3.63, 3.8) is 0 Å². The van der Waals surface area contributed by atoms with Crippen molar-refractivity contribution in [3.8, 4) is 0 Å². The summed E-state index contributed by atoms with van der Waals surface area (Å²) in [6.45, 7) is 1.75. The number of aryl methyl sites for hydroxylation is 1. The molecule has 0 aromatic heterocycles. The molecule has 0 spiro atoms. The zero-order valence-electron chi connectivity index (χ0n) is 11.4. The number of rotatable bonds is 3. The molecule has 3 rings (SSSR count). The molecule has 2 fully saturated rings. The van der Waals surface area contributed by atoms with E-state index in [1.807, 2.05) is 31.2 Å². The summed E-state index contributed by atoms with van der Waals surface area (Å²) in [5.41, 5.74) is 7.04. The standard InChI is InChI=1S/C14H15N3O4/c1-7-3-2-4-8(5-7)11-10-12(14(20)16-13(10)19)21-17(11)6-9(15)18/h2-5,10-12H,6H2,1H3,(H2,15,18)(H,16,19,20). The number of benzene rings is 1. The minimum Gasteiger partial charge on any atom is -0.368 e. The molecule has 2 aliphatic heterocycles. The maximum absolute atomic E-state index is 12.0. The molecule has 21 heavy (non-hydrogen) atoms. The van der Waals surface area contributed by atoms with Crippen molar-refractivity contribution in [2.24, 2.45) is 11.7 Å². The number of amides is 3. The average molecular weight is 289 g/mol. The number of primary amides is 1. The summed E-state index contributed by atoms with van der Waals surface area (Å²) in [6, 6.07) is 7.02. The van der Waals surface area contributed by atoms with E-state index >= 15 is 0 Å². The van der Waals surface area contributed by atoms with E-state index in [4.69, 9.17) is 10.6 Å². The fourth-order valence-corrected chi connectivity index (χ4v) is 2.91. The monoisotopic (exact) mass is 289 g/mol. The molecule has 1 aromatic rings. The first kappa shape index (κ1) is 13.7. The maximum atomic E-state index is 12.0. The quantitative estimate of drug-likeness (QED) is 0.724. The van der Waals surface area contributed by atoms with Gasteiger partial charge in [-0.05, 0) is 12.5 Å². The average Bonchev–Trinajstić information content (AvgIpc) is 2.88. The second-order valence-electron chi connectivity index (χ2n) is 5.31. The Hall–Kier alpha value is -2.25. The van der Waals surface area contributed by atoms with Crippen LogP contribution in [0.1, 0.15) is 17.2 Å². The number of nitrogens with zero attached hydrogens (tertiary/aromatic N) is 1. The number of fused-ring (bicyclic) bond motifs is 1. The van der Waals surface area contributed by atoms with Crippen LogP contribution in [0, 0.1) is 12.8 Å². The van der Waals surface area contributed by atoms with Crippen LogP contribution < -0.4 is 11.1 Å². The van der Waals surface area contributed by atoms with Gasteiger partial charge < -0.3 is 5.73 Å². The molecule has 1 aromatic carbocycles. The van der Waals surface area contributed by atoms with Gasteiger partial charge in [-0.2, -0.15) is 5.06 Å². The smallest absolute Gasteiger partial charge is 0.258 e. The predicted molar refractivity (Wildman–Crippen MR) is 71.3 cm³/mol. The third kappa shape index (κ3) is 2.30. The summed E-state index contributed by atoms with van der Waals surface area (Å²) < 4.78 is 0. The second-order valence-corrected chi connectivity index (χ2v) is 5.31. The molecule has 3 atom stereocenters. The summed E-state index contributed by atoms with van der Waals surface area (Å²) in [5, 5.41) is 3.60. The van der Waals surface area contributed by atoms with Crippen molar-refractivity contribution in [1.82, 2.24) is 10.4 Å². The summed E-state index contributed by atoms with van der Waals surface area (Å²) in [7, 11) is 0. The first-order valence-electron chi connectivity index (χ1n) is 6.60. The number of carbonyl (C=O) groups excluding carboxylic acids is 3. The third-order valence-electron chi connectivity index (χ3n) is 3.73. The van der Waals surface area contributed by atoms with Gasteiger partial charge in [0.2, 0.25) is 11.8 Å². The molecule has 2 saturated heterocycles. The van der Waals surface area contributed by atoms with Crippen LogP contribution in [0.3, 0.4) is 0 Å². The fraction of sp³-hybridized carbons (Fsp3) is 0.357. The first-order chi connectivity index (χ1) is 9.97. The molecule has 7 heteroatoms. The number of hydrogen-bond donors (Lipinski definition) is 2. The molecule has 2 heterocycles. The molecule has 3 unspecified atom stereocenters. The van der Waals surface area contributed by atoms with Crippen LogP contribution in [0.2, 0.25) is 0 Å². The normalized spacial score (nSPS) is 28.5. The van der Waals surface area contributed by atoms with E-state index < -0.39 is 29.9 Å². The van der Waals surface area contributed by atoms with Gasteiger partial charge in [0.25, 0.3) is 5.91 Å². The van der Waals surface area contributed by atoms with Crippen molar-refractivity contribution in [2.45, 2.75) is 19.1 Å². The van der Waals surface area contributed by atoms with Crippen molar-refractivity contribution >= 4 is 17.7 Å². The van der Waals surface area contributed by atoms with E-state index in [0.29, 0.717) is 0 Å². The summed E-state index contributed by atoms with van der Waals surface area (Å²) in [6.07, 6.45) is -0.901. The molecule has 3 amide bonds. The molecule has 0 radical (unpaired) electrons. The van der Waals surface area contributed by atoms with Crippen LogP contribution in [0.25, 0.3) is 0 Å². The maximum Gasteiger partial charge on any atom is 0.258 e. The molecular weight excluding hydrogens is 274 g/mol. The number of hydrogen-bond acceptors (Lipinski definition) is 5. The molecule has 0 bridgehead atoms. The van der Waals surface area contributed by atoms with Crippen molar-refractivity contribution in [3.05, 3.63) is 35.4 Å². The number of nitrogens with one attached hydrogen (secondary N) is 1. The lowest BCUT2D eigenvalue weighted by Crippen LogP contribution is -2.37. The summed E-state index contributed by atoms with van der Waals surface area (Å²) in [5.74, 6) is -2.11. The molecule has 0 saturated carbocycles. The first-order valence-corrected chi connectivity index (χ1v) is 6.60. The van der Waals surface area contributed by atoms with E-state index in [-0.39, 0.29) is 12.5 Å². The fourth-order valence-electron chi connectivity index (χ4n) is 2.91. The largest absolute Gasteiger partial charge is 0.368 e. The van der Waals surface area contributed by atoms with Gasteiger partial charge >= 0.3 is 0 Å². The van der Waals surface area contributed by atoms with Crippen molar-refractivity contribution in [1.29, 1.82) is 0 Å². The van der Waals surface area contributed by atoms with Crippen molar-refractivity contribution < 1.29 is 19.2 Å². The number of carbonyl (C=O) groups is 3. The van der Waals surface area contributed by atoms with E-state index in [2.05, 4.69) is 5.32 Å². The van der Waals surface area contributed by atoms with Crippen LogP contribution in [0.15, 0.2) is 24.3 Å². The Morgan fingerprint density at radius 1 is 1.38 bits per heavy atom. The van der Waals surface area contributed by atoms with Gasteiger partial charge in [0.15, 0.2) is 6.10 Å². The predicted octanol–water partition coefficient (Wildman–Crippen LogP) is -0.590. The number of hydroxylamine groups is 2. The van der Waals surface area contributed by atoms with Crippen LogP contribution >= 0.6 is 0 Å². The lowest BCUT2D eigenvalue weighted by molar-refractivity contribution is -0.176. The lowest BCUT2D eigenvalue weighted by Gasteiger charge is -2.24. The van der Waals surface area contributed by atoms with E-state index in [1.165, 1.54) is 5.06 Å². The van der Waals surface area contributed by atoms with E-state index in [1.54, 1.807) is 0 Å². The minimum absolute atomic E-state index is 0.174. The Bertz CT molecular complexity index is 630. The second kappa shape index (κ2) is 4.94. The van der Waals surface area contributed by atoms with Crippen molar-refractivity contribution in [2.75, 3.05) is 6.54 Å². The summed E-state index contributed by atoms with van der Waals surface area (Å²) >= 11 is 0. The highest BCUT2D eigenvalue weighted by Gasteiger charge is 2.56. The third-order valence-corrected chi connectivity index (χ3v) is 3.73. The molecule has 7 nitrogen and oxygen atoms in total. The van der Waals surface area contributed by atoms with Gasteiger partial charge in [0.05, 0.1) is 12.0 Å². The molecule has 110 valence electrons. The Labute approximate surface area is 121 Å². The minimum atomic E-state index is -0.901.